The normalized spacial score (nSPS) is 32.2. The van der Waals surface area contributed by atoms with Crippen molar-refractivity contribution in [3.8, 4) is 16.9 Å². The minimum absolute atomic E-state index is 0.0205. The van der Waals surface area contributed by atoms with Crippen LogP contribution in [0.1, 0.15) is 35.2 Å². The van der Waals surface area contributed by atoms with Crippen LogP contribution in [0.3, 0.4) is 0 Å². The van der Waals surface area contributed by atoms with Crippen LogP contribution < -0.4 is 11.1 Å². The number of nitrogens with zero attached hydrogens (tertiary/aromatic N) is 1. The van der Waals surface area contributed by atoms with Crippen LogP contribution in [-0.2, 0) is 25.6 Å². The molecule has 0 bridgehead atoms. The Morgan fingerprint density at radius 3 is 2.29 bits per heavy atom. The van der Waals surface area contributed by atoms with Crippen LogP contribution >= 0.6 is 0 Å². The van der Waals surface area contributed by atoms with Crippen molar-refractivity contribution in [3.63, 3.8) is 0 Å². The number of phenolic OH excluding ortho intramolecular Hbond substituents is 1. The summed E-state index contributed by atoms with van der Waals surface area (Å²) in [6, 6.07) is 9.23. The van der Waals surface area contributed by atoms with E-state index in [-0.39, 0.29) is 36.0 Å². The molecule has 7 atom stereocenters. The van der Waals surface area contributed by atoms with Crippen molar-refractivity contribution in [2.24, 2.45) is 35.3 Å². The molecule has 3 fully saturated rings. The molecule has 0 aliphatic heterocycles. The highest BCUT2D eigenvalue weighted by Gasteiger charge is 2.69. The first-order valence-electron chi connectivity index (χ1n) is 14.1. The number of fused-ring (bicyclic) bond motifs is 3. The van der Waals surface area contributed by atoms with Crippen LogP contribution in [0, 0.1) is 29.6 Å². The molecule has 3 saturated carbocycles. The van der Waals surface area contributed by atoms with Crippen molar-refractivity contribution in [1.82, 2.24) is 4.90 Å². The summed E-state index contributed by atoms with van der Waals surface area (Å²) in [5.74, 6) is -9.35. The van der Waals surface area contributed by atoms with Gasteiger partial charge in [-0.1, -0.05) is 18.2 Å². The molecule has 220 valence electrons. The topological polar surface area (TPSA) is 187 Å². The lowest BCUT2D eigenvalue weighted by Crippen LogP contribution is -2.75. The van der Waals surface area contributed by atoms with Crippen LogP contribution in [0.5, 0.6) is 5.75 Å². The number of nitrogens with one attached hydrogen (secondary N) is 1. The number of hydrogen-bond acceptors (Lipinski definition) is 9. The maximum atomic E-state index is 14.0. The lowest BCUT2D eigenvalue weighted by atomic mass is 9.52. The van der Waals surface area contributed by atoms with E-state index in [1.165, 1.54) is 6.07 Å². The Morgan fingerprint density at radius 2 is 1.69 bits per heavy atom. The van der Waals surface area contributed by atoms with Crippen LogP contribution in [0.4, 0.5) is 5.69 Å². The van der Waals surface area contributed by atoms with Gasteiger partial charge in [0.2, 0.25) is 11.8 Å². The summed E-state index contributed by atoms with van der Waals surface area (Å²) in [6.07, 6.45) is 0.446. The third-order valence-electron chi connectivity index (χ3n) is 9.59. The SMILES string of the molecule is CN(C)[C@H]1C(O)C(C(N)=O)C(=O)[C@]2(O)C(=O)C3C(=O)c4c(O)ccc(-c5ccc(NC(=O)C6CC6)cc5)c4C[C@@H]3C[C@H]12. The van der Waals surface area contributed by atoms with E-state index in [1.54, 1.807) is 49.3 Å². The van der Waals surface area contributed by atoms with Gasteiger partial charge in [-0.15, -0.1) is 0 Å². The summed E-state index contributed by atoms with van der Waals surface area (Å²) in [6.45, 7) is 0. The zero-order valence-electron chi connectivity index (χ0n) is 23.2. The van der Waals surface area contributed by atoms with Gasteiger partial charge in [0, 0.05) is 23.6 Å². The number of hydrogen-bond donors (Lipinski definition) is 5. The molecule has 0 saturated heterocycles. The molecule has 0 heterocycles. The number of amides is 2. The van der Waals surface area contributed by atoms with E-state index in [0.29, 0.717) is 16.8 Å². The fraction of sp³-hybridized carbons (Fsp3) is 0.452. The molecule has 6 rings (SSSR count). The zero-order valence-corrected chi connectivity index (χ0v) is 23.2. The molecule has 11 heteroatoms. The molecule has 2 aromatic rings. The maximum absolute atomic E-state index is 14.0. The molecule has 11 nitrogen and oxygen atoms in total. The Bertz CT molecular complexity index is 1530. The van der Waals surface area contributed by atoms with Crippen LogP contribution in [0.15, 0.2) is 36.4 Å². The van der Waals surface area contributed by atoms with Crippen molar-refractivity contribution >= 4 is 34.9 Å². The second-order valence-corrected chi connectivity index (χ2v) is 12.3. The first kappa shape index (κ1) is 28.2. The minimum atomic E-state index is -2.70. The van der Waals surface area contributed by atoms with Crippen molar-refractivity contribution in [2.75, 3.05) is 19.4 Å². The molecular weight excluding hydrogens is 542 g/mol. The summed E-state index contributed by atoms with van der Waals surface area (Å²) in [5, 5.41) is 36.4. The van der Waals surface area contributed by atoms with Crippen LogP contribution in [0.2, 0.25) is 0 Å². The van der Waals surface area contributed by atoms with Gasteiger partial charge in [0.15, 0.2) is 23.0 Å². The van der Waals surface area contributed by atoms with Crippen molar-refractivity contribution in [2.45, 2.75) is 43.4 Å². The van der Waals surface area contributed by atoms with E-state index in [1.807, 2.05) is 0 Å². The van der Waals surface area contributed by atoms with Gasteiger partial charge in [0.05, 0.1) is 17.6 Å². The van der Waals surface area contributed by atoms with E-state index in [4.69, 9.17) is 5.73 Å². The number of likely N-dealkylation sites (N-methyl/N-ethyl adjacent to an activating group) is 1. The molecule has 2 aromatic carbocycles. The van der Waals surface area contributed by atoms with Gasteiger partial charge in [-0.2, -0.15) is 0 Å². The number of nitrogens with two attached hydrogens (primary N) is 1. The number of carbonyl (C=O) groups excluding carboxylic acids is 5. The molecular formula is C31H33N3O8. The number of ketones is 3. The number of primary amides is 1. The average Bonchev–Trinajstić information content (AvgIpc) is 3.77. The third-order valence-corrected chi connectivity index (χ3v) is 9.59. The van der Waals surface area contributed by atoms with Gasteiger partial charge in [-0.3, -0.25) is 24.0 Å². The molecule has 2 amide bonds. The second-order valence-electron chi connectivity index (χ2n) is 12.3. The number of rotatable bonds is 5. The quantitative estimate of drug-likeness (QED) is 0.319. The van der Waals surface area contributed by atoms with E-state index >= 15 is 0 Å². The van der Waals surface area contributed by atoms with Crippen molar-refractivity contribution in [1.29, 1.82) is 0 Å². The number of carbonyl (C=O) groups is 5. The predicted molar refractivity (Wildman–Crippen MR) is 149 cm³/mol. The Hall–Kier alpha value is -3.93. The number of phenols is 1. The maximum Gasteiger partial charge on any atom is 0.230 e. The van der Waals surface area contributed by atoms with Crippen molar-refractivity contribution in [3.05, 3.63) is 47.5 Å². The van der Waals surface area contributed by atoms with Crippen LogP contribution in [0.25, 0.3) is 11.1 Å². The number of benzene rings is 2. The van der Waals surface area contributed by atoms with Gasteiger partial charge in [-0.05, 0) is 80.6 Å². The van der Waals surface area contributed by atoms with Gasteiger partial charge in [-0.25, -0.2) is 0 Å². The Morgan fingerprint density at radius 1 is 1.02 bits per heavy atom. The van der Waals surface area contributed by atoms with Crippen LogP contribution in [-0.4, -0.2) is 81.2 Å². The number of aromatic hydroxyl groups is 1. The highest BCUT2D eigenvalue weighted by Crippen LogP contribution is 2.52. The fourth-order valence-corrected chi connectivity index (χ4v) is 7.42. The fourth-order valence-electron chi connectivity index (χ4n) is 7.42. The smallest absolute Gasteiger partial charge is 0.230 e. The molecule has 0 aromatic heterocycles. The predicted octanol–water partition coefficient (Wildman–Crippen LogP) is 0.674. The monoisotopic (exact) mass is 575 g/mol. The van der Waals surface area contributed by atoms with Gasteiger partial charge in [0.25, 0.3) is 0 Å². The van der Waals surface area contributed by atoms with E-state index in [0.717, 1.165) is 18.4 Å². The summed E-state index contributed by atoms with van der Waals surface area (Å²) in [4.78, 5) is 67.2. The number of anilines is 1. The minimum Gasteiger partial charge on any atom is -0.507 e. The third kappa shape index (κ3) is 4.10. The lowest BCUT2D eigenvalue weighted by Gasteiger charge is -2.54. The highest BCUT2D eigenvalue weighted by molar-refractivity contribution is 6.25. The number of aliphatic hydroxyl groups excluding tert-OH is 1. The molecule has 4 aliphatic rings. The molecule has 4 aliphatic carbocycles. The molecule has 0 radical (unpaired) electrons. The first-order chi connectivity index (χ1) is 19.9. The van der Waals surface area contributed by atoms with Crippen molar-refractivity contribution < 1.29 is 39.3 Å². The standard InChI is InChI=1S/C31H33N3O8/c1-34(2)24-19-12-15-11-18-17(13-5-7-16(8-6-13)33-30(41)14-3-4-14)9-10-20(35)22(18)25(36)21(15)27(38)31(19,42)28(39)23(26(24)37)29(32)40/h5-10,14-15,19,21,23-24,26,35,37,42H,3-4,11-12H2,1-2H3,(H2,32,40)(H,33,41)/t15-,19-,21?,23?,24-,26?,31-/m1/s1. The molecule has 6 N–H and O–H groups in total. The van der Waals surface area contributed by atoms with Gasteiger partial charge < -0.3 is 31.3 Å². The van der Waals surface area contributed by atoms with E-state index in [9.17, 15) is 39.3 Å². The van der Waals surface area contributed by atoms with Gasteiger partial charge >= 0.3 is 0 Å². The number of Topliss-reactive ketones (excluding diaryl/α,β-unsaturated/α-hetero) is 3. The Labute approximate surface area is 241 Å². The summed E-state index contributed by atoms with van der Waals surface area (Å²) >= 11 is 0. The largest absolute Gasteiger partial charge is 0.507 e. The lowest BCUT2D eigenvalue weighted by molar-refractivity contribution is -0.190. The highest BCUT2D eigenvalue weighted by atomic mass is 16.3. The zero-order chi connectivity index (χ0) is 30.2. The molecule has 0 spiro atoms. The summed E-state index contributed by atoms with van der Waals surface area (Å²) < 4.78 is 0. The summed E-state index contributed by atoms with van der Waals surface area (Å²) in [7, 11) is 3.21. The van der Waals surface area contributed by atoms with E-state index in [2.05, 4.69) is 5.32 Å². The van der Waals surface area contributed by atoms with Gasteiger partial charge in [0.1, 0.15) is 11.7 Å². The molecule has 3 unspecified atom stereocenters. The average molecular weight is 576 g/mol. The Balaban J connectivity index is 1.39. The number of aliphatic hydroxyl groups is 2. The molecule has 42 heavy (non-hydrogen) atoms. The first-order valence-corrected chi connectivity index (χ1v) is 14.1. The Kier molecular flexibility index (Phi) is 6.60. The van der Waals surface area contributed by atoms with E-state index < -0.39 is 64.7 Å². The second kappa shape index (κ2) is 9.82. The summed E-state index contributed by atoms with van der Waals surface area (Å²) in [5.41, 5.74) is 5.25.